The third-order valence-corrected chi connectivity index (χ3v) is 3.45. The summed E-state index contributed by atoms with van der Waals surface area (Å²) in [5.41, 5.74) is 0.0606. The van der Waals surface area contributed by atoms with Gasteiger partial charge in [-0.25, -0.2) is 4.79 Å². The van der Waals surface area contributed by atoms with Crippen LogP contribution in [0.25, 0.3) is 0 Å². The Morgan fingerprint density at radius 3 is 2.47 bits per heavy atom. The smallest absolute Gasteiger partial charge is 0.328 e. The highest BCUT2D eigenvalue weighted by Gasteiger charge is 2.29. The molecule has 0 radical (unpaired) electrons. The Bertz CT molecular complexity index is 469. The number of carbonyl (C=O) groups is 2. The van der Waals surface area contributed by atoms with Crippen LogP contribution in [0.15, 0.2) is 22.7 Å². The lowest BCUT2D eigenvalue weighted by atomic mass is 10.0. The highest BCUT2D eigenvalue weighted by atomic mass is 79.9. The summed E-state index contributed by atoms with van der Waals surface area (Å²) in [6, 6.07) is 5.26. The number of hydrogen-bond donors (Lipinski definition) is 2. The monoisotopic (exact) mass is 299 g/mol. The number of aliphatic carboxylic acids is 1. The molecule has 5 heteroatoms. The maximum Gasteiger partial charge on any atom is 0.328 e. The van der Waals surface area contributed by atoms with Gasteiger partial charge in [-0.15, -0.1) is 0 Å². The Morgan fingerprint density at radius 2 is 1.94 bits per heavy atom. The predicted octanol–water partition coefficient (Wildman–Crippen LogP) is 2.35. The first-order valence-electron chi connectivity index (χ1n) is 5.06. The molecule has 4 nitrogen and oxygen atoms in total. The zero-order chi connectivity index (χ0) is 13.2. The molecule has 0 bridgehead atoms. The SMILES string of the molecule is Cc1cccc(C(=O)NC(C)(C)C(=O)O)c1Br. The molecule has 0 aromatic heterocycles. The summed E-state index contributed by atoms with van der Waals surface area (Å²) < 4.78 is 0.679. The van der Waals surface area contributed by atoms with Crippen molar-refractivity contribution in [2.75, 3.05) is 0 Å². The number of hydrogen-bond acceptors (Lipinski definition) is 2. The first-order chi connectivity index (χ1) is 7.75. The zero-order valence-corrected chi connectivity index (χ0v) is 11.5. The number of rotatable bonds is 3. The van der Waals surface area contributed by atoms with Crippen molar-refractivity contribution in [3.63, 3.8) is 0 Å². The third-order valence-electron chi connectivity index (χ3n) is 2.40. The van der Waals surface area contributed by atoms with Crippen LogP contribution < -0.4 is 5.32 Å². The summed E-state index contributed by atoms with van der Waals surface area (Å²) in [6.45, 7) is 4.75. The van der Waals surface area contributed by atoms with Gasteiger partial charge in [0.1, 0.15) is 5.54 Å². The van der Waals surface area contributed by atoms with Crippen molar-refractivity contribution in [3.8, 4) is 0 Å². The molecule has 0 aliphatic rings. The second-order valence-electron chi connectivity index (χ2n) is 4.32. The lowest BCUT2D eigenvalue weighted by Gasteiger charge is -2.21. The van der Waals surface area contributed by atoms with Crippen LogP contribution in [0.3, 0.4) is 0 Å². The zero-order valence-electron chi connectivity index (χ0n) is 9.87. The van der Waals surface area contributed by atoms with E-state index in [0.717, 1.165) is 5.56 Å². The molecule has 0 spiro atoms. The van der Waals surface area contributed by atoms with E-state index in [4.69, 9.17) is 5.11 Å². The molecule has 0 aliphatic heterocycles. The first-order valence-corrected chi connectivity index (χ1v) is 5.86. The molecule has 1 aromatic rings. The lowest BCUT2D eigenvalue weighted by Crippen LogP contribution is -2.49. The van der Waals surface area contributed by atoms with E-state index in [9.17, 15) is 9.59 Å². The molecule has 17 heavy (non-hydrogen) atoms. The van der Waals surface area contributed by atoms with Crippen molar-refractivity contribution in [2.24, 2.45) is 0 Å². The number of carboxylic acids is 1. The van der Waals surface area contributed by atoms with Gasteiger partial charge in [-0.2, -0.15) is 0 Å². The fraction of sp³-hybridized carbons (Fsp3) is 0.333. The van der Waals surface area contributed by atoms with Crippen LogP contribution in [0.1, 0.15) is 29.8 Å². The molecule has 0 fully saturated rings. The number of amides is 1. The maximum absolute atomic E-state index is 11.9. The summed E-state index contributed by atoms with van der Waals surface area (Å²) in [7, 11) is 0. The van der Waals surface area contributed by atoms with Gasteiger partial charge < -0.3 is 10.4 Å². The van der Waals surface area contributed by atoms with Gasteiger partial charge >= 0.3 is 5.97 Å². The Balaban J connectivity index is 2.99. The van der Waals surface area contributed by atoms with Crippen molar-refractivity contribution in [1.29, 1.82) is 0 Å². The van der Waals surface area contributed by atoms with Gasteiger partial charge in [0, 0.05) is 4.47 Å². The van der Waals surface area contributed by atoms with E-state index in [2.05, 4.69) is 21.2 Å². The fourth-order valence-electron chi connectivity index (χ4n) is 1.23. The van der Waals surface area contributed by atoms with Crippen molar-refractivity contribution >= 4 is 27.8 Å². The van der Waals surface area contributed by atoms with Gasteiger partial charge in [0.25, 0.3) is 5.91 Å². The molecule has 92 valence electrons. The number of nitrogens with one attached hydrogen (secondary N) is 1. The van der Waals surface area contributed by atoms with Gasteiger partial charge in [0.15, 0.2) is 0 Å². The largest absolute Gasteiger partial charge is 0.480 e. The fourth-order valence-corrected chi connectivity index (χ4v) is 1.67. The number of benzene rings is 1. The number of aryl methyl sites for hydroxylation is 1. The van der Waals surface area contributed by atoms with Crippen LogP contribution in [0, 0.1) is 6.92 Å². The average molecular weight is 300 g/mol. The highest BCUT2D eigenvalue weighted by Crippen LogP contribution is 2.21. The molecular weight excluding hydrogens is 286 g/mol. The number of carboxylic acid groups (broad SMARTS) is 1. The van der Waals surface area contributed by atoms with Crippen molar-refractivity contribution < 1.29 is 14.7 Å². The quantitative estimate of drug-likeness (QED) is 0.900. The Kier molecular flexibility index (Phi) is 3.93. The standard InChI is InChI=1S/C12H14BrNO3/c1-7-5-4-6-8(9(7)13)10(15)14-12(2,3)11(16)17/h4-6H,1-3H3,(H,14,15)(H,16,17). The molecule has 1 amide bonds. The molecular formula is C12H14BrNO3. The topological polar surface area (TPSA) is 66.4 Å². The summed E-state index contributed by atoms with van der Waals surface area (Å²) in [5, 5.41) is 11.4. The minimum Gasteiger partial charge on any atom is -0.480 e. The van der Waals surface area contributed by atoms with Crippen molar-refractivity contribution in [1.82, 2.24) is 5.32 Å². The van der Waals surface area contributed by atoms with E-state index in [1.54, 1.807) is 12.1 Å². The van der Waals surface area contributed by atoms with Gasteiger partial charge in [-0.1, -0.05) is 12.1 Å². The molecule has 0 aliphatic carbocycles. The average Bonchev–Trinajstić information content (AvgIpc) is 2.21. The first kappa shape index (κ1) is 13.7. The minimum atomic E-state index is -1.29. The predicted molar refractivity (Wildman–Crippen MR) is 68.1 cm³/mol. The Labute approximate surface area is 108 Å². The summed E-state index contributed by atoms with van der Waals surface area (Å²) >= 11 is 3.32. The Hall–Kier alpha value is -1.36. The minimum absolute atomic E-state index is 0.409. The van der Waals surface area contributed by atoms with Gasteiger partial charge in [-0.05, 0) is 48.3 Å². The van der Waals surface area contributed by atoms with Crippen LogP contribution in [0.5, 0.6) is 0 Å². The second-order valence-corrected chi connectivity index (χ2v) is 5.11. The lowest BCUT2D eigenvalue weighted by molar-refractivity contribution is -0.143. The normalized spacial score (nSPS) is 11.1. The summed E-state index contributed by atoms with van der Waals surface area (Å²) in [6.07, 6.45) is 0. The van der Waals surface area contributed by atoms with E-state index in [0.29, 0.717) is 10.0 Å². The van der Waals surface area contributed by atoms with E-state index in [1.165, 1.54) is 13.8 Å². The molecule has 0 atom stereocenters. The van der Waals surface area contributed by atoms with E-state index < -0.39 is 17.4 Å². The molecule has 1 rings (SSSR count). The number of halogens is 1. The summed E-state index contributed by atoms with van der Waals surface area (Å²) in [4.78, 5) is 22.8. The van der Waals surface area contributed by atoms with E-state index in [-0.39, 0.29) is 0 Å². The second kappa shape index (κ2) is 4.87. The van der Waals surface area contributed by atoms with Crippen LogP contribution >= 0.6 is 15.9 Å². The van der Waals surface area contributed by atoms with Crippen LogP contribution in [-0.4, -0.2) is 22.5 Å². The molecule has 0 saturated heterocycles. The molecule has 0 heterocycles. The third kappa shape index (κ3) is 3.06. The van der Waals surface area contributed by atoms with Crippen LogP contribution in [0.4, 0.5) is 0 Å². The summed E-state index contributed by atoms with van der Waals surface area (Å²) in [5.74, 6) is -1.48. The molecule has 0 unspecified atom stereocenters. The molecule has 1 aromatic carbocycles. The highest BCUT2D eigenvalue weighted by molar-refractivity contribution is 9.10. The van der Waals surface area contributed by atoms with Crippen LogP contribution in [0.2, 0.25) is 0 Å². The molecule has 2 N–H and O–H groups in total. The van der Waals surface area contributed by atoms with Crippen molar-refractivity contribution in [3.05, 3.63) is 33.8 Å². The van der Waals surface area contributed by atoms with Crippen molar-refractivity contribution in [2.45, 2.75) is 26.3 Å². The molecule has 0 saturated carbocycles. The van der Waals surface area contributed by atoms with Crippen LogP contribution in [-0.2, 0) is 4.79 Å². The maximum atomic E-state index is 11.9. The van der Waals surface area contributed by atoms with Gasteiger partial charge in [0.2, 0.25) is 0 Å². The van der Waals surface area contributed by atoms with E-state index in [1.807, 2.05) is 13.0 Å². The van der Waals surface area contributed by atoms with Gasteiger partial charge in [0.05, 0.1) is 5.56 Å². The van der Waals surface area contributed by atoms with E-state index >= 15 is 0 Å². The van der Waals surface area contributed by atoms with Gasteiger partial charge in [-0.3, -0.25) is 4.79 Å². The number of carbonyl (C=O) groups excluding carboxylic acids is 1. The Morgan fingerprint density at radius 1 is 1.35 bits per heavy atom.